The minimum absolute atomic E-state index is 0.0401. The van der Waals surface area contributed by atoms with E-state index >= 15 is 0 Å². The molecule has 0 aliphatic carbocycles. The molecular formula is C13H14FN3O2. The minimum atomic E-state index is -0.502. The molecule has 19 heavy (non-hydrogen) atoms. The van der Waals surface area contributed by atoms with Crippen LogP contribution in [0.5, 0.6) is 5.75 Å². The molecule has 100 valence electrons. The molecule has 6 heteroatoms. The van der Waals surface area contributed by atoms with Gasteiger partial charge >= 0.3 is 0 Å². The maximum Gasteiger partial charge on any atom is 0.251 e. The Hall–Kier alpha value is -2.37. The number of hydrogen-bond donors (Lipinski definition) is 2. The van der Waals surface area contributed by atoms with Crippen molar-refractivity contribution in [3.05, 3.63) is 47.8 Å². The largest absolute Gasteiger partial charge is 0.494 e. The van der Waals surface area contributed by atoms with E-state index in [-0.39, 0.29) is 17.7 Å². The van der Waals surface area contributed by atoms with Crippen molar-refractivity contribution < 1.29 is 13.9 Å². The number of aromatic nitrogens is 2. The van der Waals surface area contributed by atoms with Crippen LogP contribution in [0.4, 0.5) is 4.39 Å². The van der Waals surface area contributed by atoms with Gasteiger partial charge < -0.3 is 15.0 Å². The van der Waals surface area contributed by atoms with Crippen LogP contribution in [-0.4, -0.2) is 23.0 Å². The number of halogens is 1. The van der Waals surface area contributed by atoms with Crippen molar-refractivity contribution >= 4 is 5.91 Å². The molecule has 0 saturated carbocycles. The summed E-state index contributed by atoms with van der Waals surface area (Å²) in [5.74, 6) is -0.124. The van der Waals surface area contributed by atoms with Crippen molar-refractivity contribution in [1.82, 2.24) is 15.3 Å². The Morgan fingerprint density at radius 3 is 2.95 bits per heavy atom. The Balaban J connectivity index is 2.12. The van der Waals surface area contributed by atoms with E-state index < -0.39 is 5.82 Å². The molecule has 1 unspecified atom stereocenters. The summed E-state index contributed by atoms with van der Waals surface area (Å²) in [5, 5.41) is 2.76. The molecule has 1 heterocycles. The predicted molar refractivity (Wildman–Crippen MR) is 67.4 cm³/mol. The Kier molecular flexibility index (Phi) is 3.79. The molecule has 0 spiro atoms. The number of ether oxygens (including phenoxy) is 1. The average Bonchev–Trinajstić information content (AvgIpc) is 2.93. The van der Waals surface area contributed by atoms with Crippen LogP contribution in [0.15, 0.2) is 30.6 Å². The van der Waals surface area contributed by atoms with E-state index in [1.165, 1.54) is 25.3 Å². The number of H-pyrrole nitrogens is 1. The second-order valence-electron chi connectivity index (χ2n) is 4.02. The van der Waals surface area contributed by atoms with E-state index in [4.69, 9.17) is 4.74 Å². The van der Waals surface area contributed by atoms with E-state index in [0.29, 0.717) is 11.4 Å². The number of nitrogens with one attached hydrogen (secondary N) is 2. The van der Waals surface area contributed by atoms with Crippen LogP contribution in [0.25, 0.3) is 0 Å². The van der Waals surface area contributed by atoms with Gasteiger partial charge in [-0.25, -0.2) is 9.37 Å². The van der Waals surface area contributed by atoms with Crippen LogP contribution in [0.1, 0.15) is 29.1 Å². The summed E-state index contributed by atoms with van der Waals surface area (Å²) < 4.78 is 18.1. The number of amides is 1. The standard InChI is InChI=1S/C13H14FN3O2/c1-8(12-15-5-6-16-12)17-13(18)9-3-4-10(14)11(7-9)19-2/h3-8H,1-2H3,(H,15,16)(H,17,18). The Morgan fingerprint density at radius 2 is 2.32 bits per heavy atom. The zero-order chi connectivity index (χ0) is 13.8. The second kappa shape index (κ2) is 5.51. The number of carbonyl (C=O) groups is 1. The van der Waals surface area contributed by atoms with Crippen LogP contribution >= 0.6 is 0 Å². The summed E-state index contributed by atoms with van der Waals surface area (Å²) >= 11 is 0. The van der Waals surface area contributed by atoms with Gasteiger partial charge in [-0.3, -0.25) is 4.79 Å². The van der Waals surface area contributed by atoms with Crippen LogP contribution in [0, 0.1) is 5.82 Å². The quantitative estimate of drug-likeness (QED) is 0.887. The topological polar surface area (TPSA) is 67.0 Å². The molecule has 2 N–H and O–H groups in total. The van der Waals surface area contributed by atoms with Gasteiger partial charge in [-0.05, 0) is 25.1 Å². The van der Waals surface area contributed by atoms with Crippen LogP contribution in [0.2, 0.25) is 0 Å². The molecule has 0 fully saturated rings. The van der Waals surface area contributed by atoms with Gasteiger partial charge in [0.2, 0.25) is 0 Å². The first-order chi connectivity index (χ1) is 9.11. The van der Waals surface area contributed by atoms with Crippen LogP contribution in [0.3, 0.4) is 0 Å². The van der Waals surface area contributed by atoms with Gasteiger partial charge in [-0.1, -0.05) is 0 Å². The Morgan fingerprint density at radius 1 is 1.53 bits per heavy atom. The highest BCUT2D eigenvalue weighted by Gasteiger charge is 2.14. The fraction of sp³-hybridized carbons (Fsp3) is 0.231. The SMILES string of the molecule is COc1cc(C(=O)NC(C)c2ncc[nH]2)ccc1F. The monoisotopic (exact) mass is 263 g/mol. The summed E-state index contributed by atoms with van der Waals surface area (Å²) in [7, 11) is 1.35. The number of imidazole rings is 1. The van der Waals surface area contributed by atoms with Crippen molar-refractivity contribution in [1.29, 1.82) is 0 Å². The highest BCUT2D eigenvalue weighted by Crippen LogP contribution is 2.18. The van der Waals surface area contributed by atoms with Gasteiger partial charge in [-0.2, -0.15) is 0 Å². The summed E-state index contributed by atoms with van der Waals surface area (Å²) in [6.07, 6.45) is 3.29. The molecule has 1 aromatic heterocycles. The lowest BCUT2D eigenvalue weighted by Crippen LogP contribution is -2.27. The molecule has 0 radical (unpaired) electrons. The summed E-state index contributed by atoms with van der Waals surface area (Å²) in [6, 6.07) is 3.70. The lowest BCUT2D eigenvalue weighted by molar-refractivity contribution is 0.0938. The van der Waals surface area contributed by atoms with Crippen molar-refractivity contribution in [3.8, 4) is 5.75 Å². The minimum Gasteiger partial charge on any atom is -0.494 e. The highest BCUT2D eigenvalue weighted by molar-refractivity contribution is 5.94. The van der Waals surface area contributed by atoms with Crippen LogP contribution in [-0.2, 0) is 0 Å². The zero-order valence-corrected chi connectivity index (χ0v) is 10.6. The summed E-state index contributed by atoms with van der Waals surface area (Å²) in [6.45, 7) is 1.80. The molecular weight excluding hydrogens is 249 g/mol. The van der Waals surface area contributed by atoms with E-state index in [1.54, 1.807) is 19.3 Å². The number of rotatable bonds is 4. The van der Waals surface area contributed by atoms with Crippen LogP contribution < -0.4 is 10.1 Å². The fourth-order valence-corrected chi connectivity index (χ4v) is 1.66. The first-order valence-corrected chi connectivity index (χ1v) is 5.75. The molecule has 1 aromatic carbocycles. The third kappa shape index (κ3) is 2.90. The molecule has 0 aliphatic heterocycles. The van der Waals surface area contributed by atoms with Crippen molar-refractivity contribution in [2.75, 3.05) is 7.11 Å². The Labute approximate surface area is 109 Å². The van der Waals surface area contributed by atoms with Gasteiger partial charge in [0.15, 0.2) is 11.6 Å². The smallest absolute Gasteiger partial charge is 0.251 e. The van der Waals surface area contributed by atoms with Crippen molar-refractivity contribution in [2.45, 2.75) is 13.0 Å². The molecule has 0 bridgehead atoms. The molecule has 0 aliphatic rings. The average molecular weight is 263 g/mol. The zero-order valence-electron chi connectivity index (χ0n) is 10.6. The van der Waals surface area contributed by atoms with E-state index in [9.17, 15) is 9.18 Å². The lowest BCUT2D eigenvalue weighted by atomic mass is 10.2. The molecule has 5 nitrogen and oxygen atoms in total. The number of hydrogen-bond acceptors (Lipinski definition) is 3. The number of methoxy groups -OCH3 is 1. The predicted octanol–water partition coefficient (Wildman–Crippen LogP) is 2.05. The van der Waals surface area contributed by atoms with E-state index in [0.717, 1.165) is 0 Å². The Bertz CT molecular complexity index is 569. The van der Waals surface area contributed by atoms with E-state index in [1.807, 2.05) is 0 Å². The third-order valence-corrected chi connectivity index (χ3v) is 2.69. The molecule has 1 atom stereocenters. The molecule has 2 rings (SSSR count). The maximum absolute atomic E-state index is 13.2. The van der Waals surface area contributed by atoms with Gasteiger partial charge in [0.25, 0.3) is 5.91 Å². The van der Waals surface area contributed by atoms with Crippen molar-refractivity contribution in [2.24, 2.45) is 0 Å². The molecule has 2 aromatic rings. The number of aromatic amines is 1. The van der Waals surface area contributed by atoms with Gasteiger partial charge in [0, 0.05) is 18.0 Å². The van der Waals surface area contributed by atoms with Crippen molar-refractivity contribution in [3.63, 3.8) is 0 Å². The second-order valence-corrected chi connectivity index (χ2v) is 4.02. The van der Waals surface area contributed by atoms with Gasteiger partial charge in [0.05, 0.1) is 13.2 Å². The summed E-state index contributed by atoms with van der Waals surface area (Å²) in [4.78, 5) is 19.0. The number of carbonyl (C=O) groups excluding carboxylic acids is 1. The molecule has 1 amide bonds. The third-order valence-electron chi connectivity index (χ3n) is 2.69. The normalized spacial score (nSPS) is 11.9. The fourth-order valence-electron chi connectivity index (χ4n) is 1.66. The number of benzene rings is 1. The maximum atomic E-state index is 13.2. The lowest BCUT2D eigenvalue weighted by Gasteiger charge is -2.12. The molecule has 0 saturated heterocycles. The first kappa shape index (κ1) is 13.1. The number of nitrogens with zero attached hydrogens (tertiary/aromatic N) is 1. The highest BCUT2D eigenvalue weighted by atomic mass is 19.1. The van der Waals surface area contributed by atoms with Gasteiger partial charge in [-0.15, -0.1) is 0 Å². The van der Waals surface area contributed by atoms with Gasteiger partial charge in [0.1, 0.15) is 5.82 Å². The summed E-state index contributed by atoms with van der Waals surface area (Å²) in [5.41, 5.74) is 0.330. The van der Waals surface area contributed by atoms with E-state index in [2.05, 4.69) is 15.3 Å². The first-order valence-electron chi connectivity index (χ1n) is 5.75.